The lowest BCUT2D eigenvalue weighted by molar-refractivity contribution is 0.194. The lowest BCUT2D eigenvalue weighted by atomic mass is 10.2. The first-order chi connectivity index (χ1) is 12.2. The van der Waals surface area contributed by atoms with Crippen LogP contribution in [0.1, 0.15) is 5.56 Å². The van der Waals surface area contributed by atoms with Crippen molar-refractivity contribution in [3.05, 3.63) is 59.9 Å². The molecule has 0 aliphatic carbocycles. The molecule has 1 fully saturated rings. The van der Waals surface area contributed by atoms with Gasteiger partial charge < -0.3 is 19.9 Å². The molecule has 0 aromatic heterocycles. The van der Waals surface area contributed by atoms with Gasteiger partial charge in [-0.1, -0.05) is 24.3 Å². The zero-order valence-electron chi connectivity index (χ0n) is 14.2. The molecule has 0 radical (unpaired) electrons. The summed E-state index contributed by atoms with van der Waals surface area (Å²) in [4.78, 5) is 16.0. The highest BCUT2D eigenvalue weighted by Gasteiger charge is 2.22. The molecule has 25 heavy (non-hydrogen) atoms. The van der Waals surface area contributed by atoms with Crippen molar-refractivity contribution in [2.45, 2.75) is 6.54 Å². The molecule has 0 spiro atoms. The first-order valence-electron chi connectivity index (χ1n) is 8.32. The maximum Gasteiger partial charge on any atom is 0.317 e. The Morgan fingerprint density at radius 2 is 1.76 bits per heavy atom. The number of carbonyl (C=O) groups is 1. The summed E-state index contributed by atoms with van der Waals surface area (Å²) in [6.45, 7) is 2.86. The minimum Gasteiger partial charge on any atom is -0.497 e. The van der Waals surface area contributed by atoms with Gasteiger partial charge in [0.2, 0.25) is 0 Å². The van der Waals surface area contributed by atoms with Crippen LogP contribution in [0.15, 0.2) is 48.5 Å². The number of benzene rings is 2. The second-order valence-electron chi connectivity index (χ2n) is 5.93. The third-order valence-electron chi connectivity index (χ3n) is 4.36. The average Bonchev–Trinajstić information content (AvgIpc) is 2.67. The maximum absolute atomic E-state index is 13.8. The largest absolute Gasteiger partial charge is 0.497 e. The molecule has 132 valence electrons. The van der Waals surface area contributed by atoms with Gasteiger partial charge in [0.05, 0.1) is 12.8 Å². The molecule has 0 atom stereocenters. The highest BCUT2D eigenvalue weighted by atomic mass is 19.1. The van der Waals surface area contributed by atoms with E-state index < -0.39 is 0 Å². The third kappa shape index (κ3) is 4.21. The Labute approximate surface area is 147 Å². The van der Waals surface area contributed by atoms with Gasteiger partial charge in [0.1, 0.15) is 11.6 Å². The number of nitrogens with zero attached hydrogens (tertiary/aromatic N) is 2. The van der Waals surface area contributed by atoms with Crippen molar-refractivity contribution in [3.63, 3.8) is 0 Å². The summed E-state index contributed by atoms with van der Waals surface area (Å²) in [6.07, 6.45) is 0. The van der Waals surface area contributed by atoms with Crippen LogP contribution in [0.4, 0.5) is 14.9 Å². The fourth-order valence-corrected chi connectivity index (χ4v) is 2.89. The molecule has 1 aliphatic rings. The number of nitrogens with one attached hydrogen (secondary N) is 1. The summed E-state index contributed by atoms with van der Waals surface area (Å²) >= 11 is 0. The van der Waals surface area contributed by atoms with Gasteiger partial charge in [-0.3, -0.25) is 0 Å². The second-order valence-corrected chi connectivity index (χ2v) is 5.93. The smallest absolute Gasteiger partial charge is 0.317 e. The fraction of sp³-hybridized carbons (Fsp3) is 0.316. The van der Waals surface area contributed by atoms with Gasteiger partial charge in [-0.05, 0) is 29.8 Å². The summed E-state index contributed by atoms with van der Waals surface area (Å²) in [5, 5.41) is 2.93. The predicted octanol–water partition coefficient (Wildman–Crippen LogP) is 2.87. The molecule has 0 saturated carbocycles. The van der Waals surface area contributed by atoms with E-state index in [9.17, 15) is 9.18 Å². The number of anilines is 1. The van der Waals surface area contributed by atoms with Crippen molar-refractivity contribution in [1.29, 1.82) is 0 Å². The van der Waals surface area contributed by atoms with Gasteiger partial charge in [-0.15, -0.1) is 0 Å². The molecule has 1 N–H and O–H groups in total. The number of carbonyl (C=O) groups excluding carboxylic acids is 1. The van der Waals surface area contributed by atoms with E-state index in [1.165, 1.54) is 6.07 Å². The Morgan fingerprint density at radius 1 is 1.08 bits per heavy atom. The van der Waals surface area contributed by atoms with E-state index in [4.69, 9.17) is 4.74 Å². The third-order valence-corrected chi connectivity index (χ3v) is 4.36. The van der Waals surface area contributed by atoms with Crippen LogP contribution in [0.2, 0.25) is 0 Å². The van der Waals surface area contributed by atoms with Crippen LogP contribution in [-0.4, -0.2) is 44.2 Å². The Morgan fingerprint density at radius 3 is 2.40 bits per heavy atom. The lowest BCUT2D eigenvalue weighted by Gasteiger charge is -2.36. The fourth-order valence-electron chi connectivity index (χ4n) is 2.89. The van der Waals surface area contributed by atoms with E-state index in [-0.39, 0.29) is 11.8 Å². The van der Waals surface area contributed by atoms with E-state index in [2.05, 4.69) is 5.32 Å². The number of ether oxygens (including phenoxy) is 1. The average molecular weight is 343 g/mol. The number of piperazine rings is 1. The molecule has 2 amide bonds. The van der Waals surface area contributed by atoms with Crippen molar-refractivity contribution in [1.82, 2.24) is 10.2 Å². The summed E-state index contributed by atoms with van der Waals surface area (Å²) in [6, 6.07) is 14.2. The highest BCUT2D eigenvalue weighted by Crippen LogP contribution is 2.20. The van der Waals surface area contributed by atoms with Crippen LogP contribution in [0, 0.1) is 5.82 Å². The summed E-state index contributed by atoms with van der Waals surface area (Å²) in [7, 11) is 1.62. The number of methoxy groups -OCH3 is 1. The Bertz CT molecular complexity index is 713. The molecule has 2 aromatic carbocycles. The molecule has 3 rings (SSSR count). The topological polar surface area (TPSA) is 44.8 Å². The van der Waals surface area contributed by atoms with Crippen LogP contribution in [0.5, 0.6) is 5.75 Å². The highest BCUT2D eigenvalue weighted by molar-refractivity contribution is 5.74. The van der Waals surface area contributed by atoms with Gasteiger partial charge in [0, 0.05) is 32.7 Å². The van der Waals surface area contributed by atoms with E-state index in [1.807, 2.05) is 35.2 Å². The number of halogens is 1. The monoisotopic (exact) mass is 343 g/mol. The first kappa shape index (κ1) is 17.1. The van der Waals surface area contributed by atoms with Crippen molar-refractivity contribution in [3.8, 4) is 5.75 Å². The summed E-state index contributed by atoms with van der Waals surface area (Å²) in [5.41, 5.74) is 1.61. The number of amides is 2. The molecule has 0 bridgehead atoms. The van der Waals surface area contributed by atoms with E-state index in [1.54, 1.807) is 24.1 Å². The van der Waals surface area contributed by atoms with Crippen molar-refractivity contribution in [2.24, 2.45) is 0 Å². The zero-order valence-corrected chi connectivity index (χ0v) is 14.2. The van der Waals surface area contributed by atoms with Gasteiger partial charge in [-0.25, -0.2) is 9.18 Å². The Kier molecular flexibility index (Phi) is 5.38. The quantitative estimate of drug-likeness (QED) is 0.928. The van der Waals surface area contributed by atoms with Gasteiger partial charge in [0.15, 0.2) is 0 Å². The number of rotatable bonds is 4. The molecular formula is C19H22FN3O2. The van der Waals surface area contributed by atoms with Crippen LogP contribution < -0.4 is 15.0 Å². The van der Waals surface area contributed by atoms with E-state index in [0.717, 1.165) is 11.3 Å². The number of hydrogen-bond donors (Lipinski definition) is 1. The zero-order chi connectivity index (χ0) is 17.6. The normalized spacial score (nSPS) is 14.3. The number of hydrogen-bond acceptors (Lipinski definition) is 3. The van der Waals surface area contributed by atoms with Gasteiger partial charge >= 0.3 is 6.03 Å². The standard InChI is InChI=1S/C19H22FN3O2/c1-25-16-8-6-15(7-9-16)14-21-19(24)23-12-10-22(11-13-23)18-5-3-2-4-17(18)20/h2-9H,10-14H2,1H3,(H,21,24). The molecule has 6 heteroatoms. The number of para-hydroxylation sites is 1. The van der Waals surface area contributed by atoms with Gasteiger partial charge in [0.25, 0.3) is 0 Å². The van der Waals surface area contributed by atoms with Crippen molar-refractivity contribution < 1.29 is 13.9 Å². The van der Waals surface area contributed by atoms with Gasteiger partial charge in [-0.2, -0.15) is 0 Å². The van der Waals surface area contributed by atoms with Crippen LogP contribution >= 0.6 is 0 Å². The molecular weight excluding hydrogens is 321 g/mol. The Hall–Kier alpha value is -2.76. The minimum absolute atomic E-state index is 0.0935. The van der Waals surface area contributed by atoms with Crippen LogP contribution in [-0.2, 0) is 6.54 Å². The number of urea groups is 1. The molecule has 2 aromatic rings. The second kappa shape index (κ2) is 7.88. The van der Waals surface area contributed by atoms with Crippen molar-refractivity contribution in [2.75, 3.05) is 38.2 Å². The van der Waals surface area contributed by atoms with Crippen LogP contribution in [0.3, 0.4) is 0 Å². The van der Waals surface area contributed by atoms with Crippen LogP contribution in [0.25, 0.3) is 0 Å². The first-order valence-corrected chi connectivity index (χ1v) is 8.32. The molecule has 0 unspecified atom stereocenters. The van der Waals surface area contributed by atoms with Crippen molar-refractivity contribution >= 4 is 11.7 Å². The SMILES string of the molecule is COc1ccc(CNC(=O)N2CCN(c3ccccc3F)CC2)cc1. The van der Waals surface area contributed by atoms with E-state index in [0.29, 0.717) is 38.4 Å². The molecule has 1 aliphatic heterocycles. The maximum atomic E-state index is 13.8. The summed E-state index contributed by atoms with van der Waals surface area (Å²) in [5.74, 6) is 0.569. The minimum atomic E-state index is -0.222. The molecule has 1 saturated heterocycles. The molecule has 1 heterocycles. The Balaban J connectivity index is 1.49. The lowest BCUT2D eigenvalue weighted by Crippen LogP contribution is -2.51. The van der Waals surface area contributed by atoms with E-state index >= 15 is 0 Å². The molecule has 5 nitrogen and oxygen atoms in total. The summed E-state index contributed by atoms with van der Waals surface area (Å²) < 4.78 is 19.0. The predicted molar refractivity (Wildman–Crippen MR) is 95.4 cm³/mol.